The first-order valence-electron chi connectivity index (χ1n) is 8.88. The molecule has 4 heteroatoms. The highest BCUT2D eigenvalue weighted by atomic mass is 16.5. The molecule has 0 aromatic heterocycles. The first kappa shape index (κ1) is 17.2. The van der Waals surface area contributed by atoms with E-state index in [4.69, 9.17) is 9.47 Å². The molecule has 0 atom stereocenters. The second-order valence-corrected chi connectivity index (χ2v) is 8.67. The van der Waals surface area contributed by atoms with Crippen LogP contribution >= 0.6 is 0 Å². The first-order chi connectivity index (χ1) is 11.2. The Morgan fingerprint density at radius 2 is 1.25 bits per heavy atom. The van der Waals surface area contributed by atoms with E-state index in [-0.39, 0.29) is 22.8 Å². The molecule has 4 aliphatic carbocycles. The fourth-order valence-electron chi connectivity index (χ4n) is 5.67. The van der Waals surface area contributed by atoms with Gasteiger partial charge in [0.15, 0.2) is 0 Å². The maximum atomic E-state index is 11.8. The molecule has 132 valence electrons. The van der Waals surface area contributed by atoms with Crippen molar-refractivity contribution in [1.29, 1.82) is 0 Å². The van der Waals surface area contributed by atoms with Crippen molar-refractivity contribution in [1.82, 2.24) is 0 Å². The molecule has 0 aliphatic heterocycles. The molecule has 4 aliphatic rings. The fraction of sp³-hybridized carbons (Fsp3) is 0.700. The van der Waals surface area contributed by atoms with E-state index >= 15 is 0 Å². The molecule has 0 aromatic carbocycles. The van der Waals surface area contributed by atoms with Gasteiger partial charge < -0.3 is 9.47 Å². The molecule has 4 saturated carbocycles. The van der Waals surface area contributed by atoms with Crippen molar-refractivity contribution in [2.24, 2.45) is 22.7 Å². The maximum absolute atomic E-state index is 11.8. The molecule has 0 saturated heterocycles. The van der Waals surface area contributed by atoms with Crippen molar-refractivity contribution in [3.63, 3.8) is 0 Å². The molecule has 4 nitrogen and oxygen atoms in total. The van der Waals surface area contributed by atoms with Gasteiger partial charge in [0, 0.05) is 22.0 Å². The normalized spacial score (nSPS) is 36.2. The van der Waals surface area contributed by atoms with Crippen LogP contribution in [-0.2, 0) is 19.1 Å². The molecule has 24 heavy (non-hydrogen) atoms. The zero-order valence-corrected chi connectivity index (χ0v) is 14.9. The third-order valence-corrected chi connectivity index (χ3v) is 6.02. The quantitative estimate of drug-likeness (QED) is 0.548. The van der Waals surface area contributed by atoms with Crippen LogP contribution in [0.4, 0.5) is 0 Å². The summed E-state index contributed by atoms with van der Waals surface area (Å²) < 4.78 is 11.1. The summed E-state index contributed by atoms with van der Waals surface area (Å²) in [5.74, 6) is 0.735. The van der Waals surface area contributed by atoms with Crippen molar-refractivity contribution in [2.45, 2.75) is 52.4 Å². The van der Waals surface area contributed by atoms with Crippen molar-refractivity contribution in [3.8, 4) is 0 Å². The Morgan fingerprint density at radius 1 is 0.875 bits per heavy atom. The molecule has 0 N–H and O–H groups in total. The topological polar surface area (TPSA) is 52.6 Å². The van der Waals surface area contributed by atoms with E-state index in [2.05, 4.69) is 13.2 Å². The number of ether oxygens (including phenoxy) is 2. The monoisotopic (exact) mass is 332 g/mol. The van der Waals surface area contributed by atoms with Crippen molar-refractivity contribution < 1.29 is 19.1 Å². The molecule has 4 rings (SSSR count). The van der Waals surface area contributed by atoms with Crippen LogP contribution in [0.5, 0.6) is 0 Å². The van der Waals surface area contributed by atoms with Gasteiger partial charge >= 0.3 is 11.9 Å². The van der Waals surface area contributed by atoms with E-state index in [1.165, 1.54) is 6.42 Å². The van der Waals surface area contributed by atoms with Crippen molar-refractivity contribution in [3.05, 3.63) is 24.3 Å². The minimum absolute atomic E-state index is 0.0603. The van der Waals surface area contributed by atoms with Crippen molar-refractivity contribution >= 4 is 11.9 Å². The molecule has 0 amide bonds. The maximum Gasteiger partial charge on any atom is 0.333 e. The zero-order valence-electron chi connectivity index (χ0n) is 14.9. The average Bonchev–Trinajstić information content (AvgIpc) is 2.48. The molecule has 0 spiro atoms. The summed E-state index contributed by atoms with van der Waals surface area (Å²) in [7, 11) is 0. The molecular weight excluding hydrogens is 304 g/mol. The summed E-state index contributed by atoms with van der Waals surface area (Å²) >= 11 is 0. The second kappa shape index (κ2) is 6.05. The highest BCUT2D eigenvalue weighted by Crippen LogP contribution is 2.65. The van der Waals surface area contributed by atoms with Gasteiger partial charge in [-0.1, -0.05) is 13.2 Å². The van der Waals surface area contributed by atoms with Gasteiger partial charge in [0.05, 0.1) is 13.2 Å². The van der Waals surface area contributed by atoms with Crippen LogP contribution in [0.15, 0.2) is 24.3 Å². The SMILES string of the molecule is C=C(C)C(=O)OCC12CC3CC(C1)CC(COC(=O)C(=C)C)(C3)C2. The second-order valence-electron chi connectivity index (χ2n) is 8.67. The Balaban J connectivity index is 1.70. The van der Waals surface area contributed by atoms with E-state index < -0.39 is 0 Å². The Morgan fingerprint density at radius 3 is 1.58 bits per heavy atom. The molecule has 0 aromatic rings. The van der Waals surface area contributed by atoms with Gasteiger partial charge in [0.1, 0.15) is 0 Å². The van der Waals surface area contributed by atoms with E-state index in [0.29, 0.717) is 36.2 Å². The Kier molecular flexibility index (Phi) is 4.35. The van der Waals surface area contributed by atoms with E-state index in [0.717, 1.165) is 32.1 Å². The summed E-state index contributed by atoms with van der Waals surface area (Å²) in [4.78, 5) is 23.6. The summed E-state index contributed by atoms with van der Waals surface area (Å²) in [6.45, 7) is 11.6. The van der Waals surface area contributed by atoms with Crippen LogP contribution in [0, 0.1) is 22.7 Å². The van der Waals surface area contributed by atoms with Crippen molar-refractivity contribution in [2.75, 3.05) is 13.2 Å². The van der Waals surface area contributed by atoms with Gasteiger partial charge in [-0.2, -0.15) is 0 Å². The molecule has 0 heterocycles. The number of hydrogen-bond acceptors (Lipinski definition) is 4. The number of hydrogen-bond donors (Lipinski definition) is 0. The third kappa shape index (κ3) is 3.28. The molecule has 0 radical (unpaired) electrons. The molecule has 4 fully saturated rings. The van der Waals surface area contributed by atoms with Gasteiger partial charge in [-0.15, -0.1) is 0 Å². The third-order valence-electron chi connectivity index (χ3n) is 6.02. The van der Waals surface area contributed by atoms with E-state index in [1.54, 1.807) is 13.8 Å². The van der Waals surface area contributed by atoms with E-state index in [1.807, 2.05) is 0 Å². The van der Waals surface area contributed by atoms with Gasteiger partial charge in [-0.25, -0.2) is 9.59 Å². The molecule has 0 unspecified atom stereocenters. The molecule has 4 bridgehead atoms. The Bertz CT molecular complexity index is 526. The smallest absolute Gasteiger partial charge is 0.333 e. The summed E-state index contributed by atoms with van der Waals surface area (Å²) in [6, 6.07) is 0. The fourth-order valence-corrected chi connectivity index (χ4v) is 5.67. The zero-order chi connectivity index (χ0) is 17.5. The number of carbonyl (C=O) groups excluding carboxylic acids is 2. The Labute approximate surface area is 144 Å². The lowest BCUT2D eigenvalue weighted by Crippen LogP contribution is -2.55. The Hall–Kier alpha value is -1.58. The summed E-state index contributed by atoms with van der Waals surface area (Å²) in [6.07, 6.45) is 6.77. The van der Waals surface area contributed by atoms with Crippen LogP contribution in [0.2, 0.25) is 0 Å². The number of rotatable bonds is 6. The summed E-state index contributed by atoms with van der Waals surface area (Å²) in [5.41, 5.74) is 1.02. The van der Waals surface area contributed by atoms with E-state index in [9.17, 15) is 9.59 Å². The molecular formula is C20H28O4. The largest absolute Gasteiger partial charge is 0.462 e. The lowest BCUT2D eigenvalue weighted by Gasteiger charge is -2.61. The summed E-state index contributed by atoms with van der Waals surface area (Å²) in [5, 5.41) is 0. The average molecular weight is 332 g/mol. The number of esters is 2. The van der Waals surface area contributed by atoms with Gasteiger partial charge in [0.2, 0.25) is 0 Å². The van der Waals surface area contributed by atoms with Gasteiger partial charge in [-0.3, -0.25) is 0 Å². The highest BCUT2D eigenvalue weighted by molar-refractivity contribution is 5.87. The lowest BCUT2D eigenvalue weighted by molar-refractivity contribution is -0.175. The van der Waals surface area contributed by atoms with Crippen LogP contribution < -0.4 is 0 Å². The number of carbonyl (C=O) groups is 2. The van der Waals surface area contributed by atoms with Crippen LogP contribution in [0.3, 0.4) is 0 Å². The predicted octanol–water partition coefficient (Wildman–Crippen LogP) is 3.81. The van der Waals surface area contributed by atoms with Crippen LogP contribution in [-0.4, -0.2) is 25.2 Å². The minimum atomic E-state index is -0.298. The standard InChI is InChI=1S/C20H28O4/c1-13(2)17(21)23-11-19-6-15-5-16(7-19)9-20(8-15,10-19)12-24-18(22)14(3)4/h15-16H,1,3,5-12H2,2,4H3. The van der Waals surface area contributed by atoms with Crippen LogP contribution in [0.1, 0.15) is 52.4 Å². The lowest BCUT2D eigenvalue weighted by atomic mass is 9.44. The highest BCUT2D eigenvalue weighted by Gasteiger charge is 2.58. The van der Waals surface area contributed by atoms with Gasteiger partial charge in [0.25, 0.3) is 0 Å². The van der Waals surface area contributed by atoms with Crippen LogP contribution in [0.25, 0.3) is 0 Å². The minimum Gasteiger partial charge on any atom is -0.462 e. The first-order valence-corrected chi connectivity index (χ1v) is 8.88. The predicted molar refractivity (Wildman–Crippen MR) is 91.1 cm³/mol. The van der Waals surface area contributed by atoms with Gasteiger partial charge in [-0.05, 0) is 64.2 Å².